The molecule has 0 unspecified atom stereocenters. The topological polar surface area (TPSA) is 73.3 Å². The van der Waals surface area contributed by atoms with Gasteiger partial charge in [-0.2, -0.15) is 0 Å². The Kier molecular flexibility index (Phi) is 5.48. The predicted molar refractivity (Wildman–Crippen MR) is 78.8 cm³/mol. The van der Waals surface area contributed by atoms with Gasteiger partial charge in [-0.05, 0) is 24.3 Å². The van der Waals surface area contributed by atoms with Crippen LogP contribution < -0.4 is 10.1 Å². The number of hydrogen-bond acceptors (Lipinski definition) is 5. The van der Waals surface area contributed by atoms with Gasteiger partial charge in [0.25, 0.3) is 5.91 Å². The van der Waals surface area contributed by atoms with Crippen LogP contribution in [-0.2, 0) is 4.74 Å². The molecule has 0 aliphatic rings. The van der Waals surface area contributed by atoms with E-state index in [2.05, 4.69) is 15.5 Å². The van der Waals surface area contributed by atoms with Crippen molar-refractivity contribution in [2.75, 3.05) is 25.6 Å². The maximum atomic E-state index is 12.0. The van der Waals surface area contributed by atoms with Gasteiger partial charge < -0.3 is 14.8 Å². The van der Waals surface area contributed by atoms with E-state index in [-0.39, 0.29) is 16.8 Å². The second-order valence-electron chi connectivity index (χ2n) is 4.06. The van der Waals surface area contributed by atoms with Gasteiger partial charge in [0.05, 0.1) is 6.61 Å². The van der Waals surface area contributed by atoms with Crippen LogP contribution in [0.5, 0.6) is 5.75 Å². The van der Waals surface area contributed by atoms with Crippen molar-refractivity contribution >= 4 is 23.2 Å². The van der Waals surface area contributed by atoms with Gasteiger partial charge in [-0.25, -0.2) is 0 Å². The highest BCUT2D eigenvalue weighted by atomic mass is 35.5. The van der Waals surface area contributed by atoms with E-state index >= 15 is 0 Å². The van der Waals surface area contributed by atoms with Crippen LogP contribution >= 0.6 is 11.6 Å². The fourth-order valence-electron chi connectivity index (χ4n) is 1.54. The molecular weight excluding hydrogens is 294 g/mol. The number of amides is 1. The van der Waals surface area contributed by atoms with E-state index in [1.165, 1.54) is 12.1 Å². The summed E-state index contributed by atoms with van der Waals surface area (Å²) >= 11 is 5.63. The molecule has 7 heteroatoms. The van der Waals surface area contributed by atoms with Gasteiger partial charge in [0.15, 0.2) is 10.8 Å². The Labute approximate surface area is 127 Å². The molecule has 0 fully saturated rings. The minimum Gasteiger partial charge on any atom is -0.491 e. The molecule has 110 valence electrons. The van der Waals surface area contributed by atoms with Crippen molar-refractivity contribution < 1.29 is 14.3 Å². The third-order valence-corrected chi connectivity index (χ3v) is 2.71. The first-order valence-electron chi connectivity index (χ1n) is 6.21. The molecule has 0 radical (unpaired) electrons. The SMILES string of the molecule is COCCOc1cccc(NC(=O)c2ccc(Cl)nn2)c1. The Morgan fingerprint density at radius 2 is 2.10 bits per heavy atom. The zero-order valence-electron chi connectivity index (χ0n) is 11.4. The number of rotatable bonds is 6. The molecule has 0 spiro atoms. The quantitative estimate of drug-likeness (QED) is 0.830. The minimum absolute atomic E-state index is 0.185. The molecule has 1 aromatic heterocycles. The van der Waals surface area contributed by atoms with Crippen LogP contribution in [0.25, 0.3) is 0 Å². The number of methoxy groups -OCH3 is 1. The summed E-state index contributed by atoms with van der Waals surface area (Å²) in [5.41, 5.74) is 0.789. The van der Waals surface area contributed by atoms with E-state index in [1.54, 1.807) is 31.4 Å². The number of carbonyl (C=O) groups excluding carboxylic acids is 1. The van der Waals surface area contributed by atoms with E-state index in [1.807, 2.05) is 0 Å². The van der Waals surface area contributed by atoms with Gasteiger partial charge in [-0.15, -0.1) is 10.2 Å². The van der Waals surface area contributed by atoms with Crippen LogP contribution in [-0.4, -0.2) is 36.4 Å². The van der Waals surface area contributed by atoms with Gasteiger partial charge in [-0.3, -0.25) is 4.79 Å². The van der Waals surface area contributed by atoms with Crippen molar-refractivity contribution in [3.05, 3.63) is 47.2 Å². The Bertz CT molecular complexity index is 605. The second-order valence-corrected chi connectivity index (χ2v) is 4.45. The first-order valence-corrected chi connectivity index (χ1v) is 6.59. The molecule has 2 aromatic rings. The van der Waals surface area contributed by atoms with Crippen molar-refractivity contribution in [2.24, 2.45) is 0 Å². The van der Waals surface area contributed by atoms with E-state index in [4.69, 9.17) is 21.1 Å². The number of nitrogens with one attached hydrogen (secondary N) is 1. The summed E-state index contributed by atoms with van der Waals surface area (Å²) in [4.78, 5) is 12.0. The number of anilines is 1. The standard InChI is InChI=1S/C14H14ClN3O3/c1-20-7-8-21-11-4-2-3-10(9-11)16-14(19)12-5-6-13(15)18-17-12/h2-6,9H,7-8H2,1H3,(H,16,19). The first-order chi connectivity index (χ1) is 10.2. The summed E-state index contributed by atoms with van der Waals surface area (Å²) in [6.07, 6.45) is 0. The molecule has 6 nitrogen and oxygen atoms in total. The molecule has 1 amide bonds. The molecule has 21 heavy (non-hydrogen) atoms. The lowest BCUT2D eigenvalue weighted by molar-refractivity contribution is 0.102. The number of hydrogen-bond donors (Lipinski definition) is 1. The highest BCUT2D eigenvalue weighted by Crippen LogP contribution is 2.18. The fourth-order valence-corrected chi connectivity index (χ4v) is 1.64. The molecule has 1 aromatic carbocycles. The van der Waals surface area contributed by atoms with Gasteiger partial charge in [-0.1, -0.05) is 17.7 Å². The van der Waals surface area contributed by atoms with Crippen LogP contribution in [0.15, 0.2) is 36.4 Å². The lowest BCUT2D eigenvalue weighted by Gasteiger charge is -2.08. The van der Waals surface area contributed by atoms with Crippen molar-refractivity contribution in [1.82, 2.24) is 10.2 Å². The Morgan fingerprint density at radius 1 is 1.24 bits per heavy atom. The summed E-state index contributed by atoms with van der Waals surface area (Å²) in [5, 5.41) is 10.3. The molecule has 0 saturated carbocycles. The number of nitrogens with zero attached hydrogens (tertiary/aromatic N) is 2. The number of halogens is 1. The second kappa shape index (κ2) is 7.56. The Balaban J connectivity index is 2.00. The van der Waals surface area contributed by atoms with E-state index in [9.17, 15) is 4.79 Å². The number of aromatic nitrogens is 2. The van der Waals surface area contributed by atoms with E-state index < -0.39 is 0 Å². The summed E-state index contributed by atoms with van der Waals surface area (Å²) in [7, 11) is 1.60. The summed E-state index contributed by atoms with van der Waals surface area (Å²) in [6, 6.07) is 10.1. The van der Waals surface area contributed by atoms with Gasteiger partial charge in [0.1, 0.15) is 12.4 Å². The lowest BCUT2D eigenvalue weighted by Crippen LogP contribution is -2.14. The summed E-state index contributed by atoms with van der Waals surface area (Å²) in [5.74, 6) is 0.278. The van der Waals surface area contributed by atoms with Crippen LogP contribution in [0.3, 0.4) is 0 Å². The molecule has 0 atom stereocenters. The van der Waals surface area contributed by atoms with E-state index in [0.29, 0.717) is 24.7 Å². The summed E-state index contributed by atoms with van der Waals surface area (Å²) < 4.78 is 10.4. The smallest absolute Gasteiger partial charge is 0.276 e. The van der Waals surface area contributed by atoms with Gasteiger partial charge >= 0.3 is 0 Å². The molecule has 0 saturated heterocycles. The monoisotopic (exact) mass is 307 g/mol. The highest BCUT2D eigenvalue weighted by molar-refractivity contribution is 6.29. The normalized spacial score (nSPS) is 10.2. The Hall–Kier alpha value is -2.18. The zero-order chi connectivity index (χ0) is 15.1. The third-order valence-electron chi connectivity index (χ3n) is 2.51. The van der Waals surface area contributed by atoms with Gasteiger partial charge in [0.2, 0.25) is 0 Å². The Morgan fingerprint density at radius 3 is 2.81 bits per heavy atom. The number of carbonyl (C=O) groups is 1. The van der Waals surface area contributed by atoms with Crippen LogP contribution in [0.4, 0.5) is 5.69 Å². The first kappa shape index (κ1) is 15.2. The van der Waals surface area contributed by atoms with Crippen molar-refractivity contribution in [1.29, 1.82) is 0 Å². The van der Waals surface area contributed by atoms with Gasteiger partial charge in [0, 0.05) is 18.9 Å². The van der Waals surface area contributed by atoms with Crippen LogP contribution in [0.2, 0.25) is 5.15 Å². The molecule has 1 heterocycles. The predicted octanol–water partition coefficient (Wildman–Crippen LogP) is 2.41. The van der Waals surface area contributed by atoms with Crippen molar-refractivity contribution in [2.45, 2.75) is 0 Å². The van der Waals surface area contributed by atoms with Crippen LogP contribution in [0, 0.1) is 0 Å². The van der Waals surface area contributed by atoms with E-state index in [0.717, 1.165) is 0 Å². The molecule has 0 bridgehead atoms. The molecule has 0 aliphatic heterocycles. The zero-order valence-corrected chi connectivity index (χ0v) is 12.1. The van der Waals surface area contributed by atoms with Crippen molar-refractivity contribution in [3.63, 3.8) is 0 Å². The highest BCUT2D eigenvalue weighted by Gasteiger charge is 2.08. The molecule has 2 rings (SSSR count). The maximum Gasteiger partial charge on any atom is 0.276 e. The molecule has 0 aliphatic carbocycles. The van der Waals surface area contributed by atoms with Crippen LogP contribution in [0.1, 0.15) is 10.5 Å². The minimum atomic E-state index is -0.367. The third kappa shape index (κ3) is 4.70. The maximum absolute atomic E-state index is 12.0. The number of ether oxygens (including phenoxy) is 2. The average Bonchev–Trinajstić information content (AvgIpc) is 2.48. The largest absolute Gasteiger partial charge is 0.491 e. The molecule has 1 N–H and O–H groups in total. The fraction of sp³-hybridized carbons (Fsp3) is 0.214. The lowest BCUT2D eigenvalue weighted by atomic mass is 10.3. The molecular formula is C14H14ClN3O3. The van der Waals surface area contributed by atoms with Crippen molar-refractivity contribution in [3.8, 4) is 5.75 Å². The summed E-state index contributed by atoms with van der Waals surface area (Å²) in [6.45, 7) is 0.938. The average molecular weight is 308 g/mol. The number of benzene rings is 1.